The number of hydrogen-bond acceptors (Lipinski definition) is 5. The number of anilines is 1. The number of rotatable bonds is 5. The molecule has 0 unspecified atom stereocenters. The Morgan fingerprint density at radius 1 is 1.36 bits per heavy atom. The van der Waals surface area contributed by atoms with Crippen LogP contribution in [0.5, 0.6) is 0 Å². The van der Waals surface area contributed by atoms with E-state index in [0.29, 0.717) is 5.69 Å². The molecule has 5 nitrogen and oxygen atoms in total. The minimum absolute atomic E-state index is 0.126. The molecule has 0 spiro atoms. The highest BCUT2D eigenvalue weighted by atomic mass is 35.5. The Morgan fingerprint density at radius 3 is 2.64 bits per heavy atom. The summed E-state index contributed by atoms with van der Waals surface area (Å²) in [6.07, 6.45) is 0. The van der Waals surface area contributed by atoms with Gasteiger partial charge in [-0.2, -0.15) is 0 Å². The normalized spacial score (nSPS) is 11.2. The van der Waals surface area contributed by atoms with Gasteiger partial charge in [-0.25, -0.2) is 13.2 Å². The monoisotopic (exact) mass is 359 g/mol. The third-order valence-corrected chi connectivity index (χ3v) is 6.58. The number of sulfonamides is 1. The van der Waals surface area contributed by atoms with Gasteiger partial charge in [0.2, 0.25) is 0 Å². The molecule has 118 valence electrons. The fourth-order valence-electron chi connectivity index (χ4n) is 1.94. The highest BCUT2D eigenvalue weighted by Gasteiger charge is 2.25. The van der Waals surface area contributed by atoms with Crippen molar-refractivity contribution in [2.75, 3.05) is 18.0 Å². The molecule has 2 aromatic rings. The number of carbonyl (C=O) groups is 1. The Morgan fingerprint density at radius 2 is 2.09 bits per heavy atom. The standard InChI is InChI=1S/C14H14ClNO4S2/c1-3-16(22(18,19)13-5-4-8-21-13)10-6-7-12(15)11(9-10)14(17)20-2/h4-9H,3H2,1-2H3. The van der Waals surface area contributed by atoms with Gasteiger partial charge in [0.1, 0.15) is 4.21 Å². The van der Waals surface area contributed by atoms with Crippen molar-refractivity contribution in [3.8, 4) is 0 Å². The highest BCUT2D eigenvalue weighted by molar-refractivity contribution is 7.94. The van der Waals surface area contributed by atoms with E-state index < -0.39 is 16.0 Å². The van der Waals surface area contributed by atoms with Crippen molar-refractivity contribution in [2.24, 2.45) is 0 Å². The molecule has 0 saturated carbocycles. The molecular formula is C14H14ClNO4S2. The minimum atomic E-state index is -3.67. The molecule has 0 bridgehead atoms. The quantitative estimate of drug-likeness (QED) is 0.767. The zero-order chi connectivity index (χ0) is 16.3. The summed E-state index contributed by atoms with van der Waals surface area (Å²) in [6.45, 7) is 1.94. The summed E-state index contributed by atoms with van der Waals surface area (Å²) in [5, 5.41) is 1.91. The predicted molar refractivity (Wildman–Crippen MR) is 87.3 cm³/mol. The van der Waals surface area contributed by atoms with Crippen molar-refractivity contribution >= 4 is 44.6 Å². The summed E-state index contributed by atoms with van der Waals surface area (Å²) in [5.74, 6) is -0.614. The maximum absolute atomic E-state index is 12.6. The summed E-state index contributed by atoms with van der Waals surface area (Å²) in [4.78, 5) is 11.7. The molecule has 0 N–H and O–H groups in total. The van der Waals surface area contributed by atoms with Crippen LogP contribution in [-0.2, 0) is 14.8 Å². The number of benzene rings is 1. The van der Waals surface area contributed by atoms with Crippen LogP contribution in [0.1, 0.15) is 17.3 Å². The Balaban J connectivity index is 2.51. The molecule has 8 heteroatoms. The van der Waals surface area contributed by atoms with Gasteiger partial charge in [-0.15, -0.1) is 11.3 Å². The first-order valence-electron chi connectivity index (χ1n) is 6.36. The average Bonchev–Trinajstić information content (AvgIpc) is 3.03. The van der Waals surface area contributed by atoms with Crippen LogP contribution in [0.25, 0.3) is 0 Å². The van der Waals surface area contributed by atoms with E-state index in [1.165, 1.54) is 23.5 Å². The molecule has 0 atom stereocenters. The third-order valence-electron chi connectivity index (χ3n) is 2.97. The smallest absolute Gasteiger partial charge is 0.339 e. The van der Waals surface area contributed by atoms with Crippen molar-refractivity contribution in [3.63, 3.8) is 0 Å². The van der Waals surface area contributed by atoms with Crippen LogP contribution in [0.2, 0.25) is 5.02 Å². The first kappa shape index (κ1) is 16.8. The largest absolute Gasteiger partial charge is 0.465 e. The zero-order valence-electron chi connectivity index (χ0n) is 11.9. The van der Waals surface area contributed by atoms with Crippen molar-refractivity contribution in [1.29, 1.82) is 0 Å². The van der Waals surface area contributed by atoms with Crippen molar-refractivity contribution in [2.45, 2.75) is 11.1 Å². The van der Waals surface area contributed by atoms with Gasteiger partial charge in [0.25, 0.3) is 10.0 Å². The van der Waals surface area contributed by atoms with E-state index in [-0.39, 0.29) is 21.3 Å². The summed E-state index contributed by atoms with van der Waals surface area (Å²) in [5.41, 5.74) is 0.488. The van der Waals surface area contributed by atoms with Crippen molar-refractivity contribution < 1.29 is 17.9 Å². The first-order chi connectivity index (χ1) is 10.4. The van der Waals surface area contributed by atoms with Gasteiger partial charge >= 0.3 is 5.97 Å². The number of halogens is 1. The van der Waals surface area contributed by atoms with Crippen LogP contribution in [-0.4, -0.2) is 28.0 Å². The number of methoxy groups -OCH3 is 1. The zero-order valence-corrected chi connectivity index (χ0v) is 14.3. The van der Waals surface area contributed by atoms with Crippen LogP contribution in [0.3, 0.4) is 0 Å². The SMILES string of the molecule is CCN(c1ccc(Cl)c(C(=O)OC)c1)S(=O)(=O)c1cccs1. The van der Waals surface area contributed by atoms with E-state index >= 15 is 0 Å². The Labute approximate surface area is 138 Å². The maximum atomic E-state index is 12.6. The van der Waals surface area contributed by atoms with Gasteiger partial charge in [-0.05, 0) is 36.6 Å². The minimum Gasteiger partial charge on any atom is -0.465 e. The van der Waals surface area contributed by atoms with Gasteiger partial charge in [-0.1, -0.05) is 17.7 Å². The summed E-state index contributed by atoms with van der Waals surface area (Å²) in [6, 6.07) is 7.68. The predicted octanol–water partition coefficient (Wildman–Crippen LogP) is 3.40. The molecule has 0 aliphatic rings. The third kappa shape index (κ3) is 3.11. The molecule has 1 heterocycles. The molecule has 1 aromatic carbocycles. The fraction of sp³-hybridized carbons (Fsp3) is 0.214. The summed E-state index contributed by atoms with van der Waals surface area (Å²) >= 11 is 7.10. The molecule has 0 fully saturated rings. The molecule has 0 aliphatic heterocycles. The van der Waals surface area contributed by atoms with Crippen LogP contribution in [0.15, 0.2) is 39.9 Å². The van der Waals surface area contributed by atoms with Crippen LogP contribution in [0.4, 0.5) is 5.69 Å². The number of hydrogen-bond donors (Lipinski definition) is 0. The molecular weight excluding hydrogens is 346 g/mol. The molecule has 22 heavy (non-hydrogen) atoms. The number of thiophene rings is 1. The number of carbonyl (C=O) groups excluding carboxylic acids is 1. The highest BCUT2D eigenvalue weighted by Crippen LogP contribution is 2.29. The van der Waals surface area contributed by atoms with Crippen molar-refractivity contribution in [3.05, 3.63) is 46.3 Å². The summed E-state index contributed by atoms with van der Waals surface area (Å²) < 4.78 is 31.4. The molecule has 2 rings (SSSR count). The second-order valence-electron chi connectivity index (χ2n) is 4.26. The fourth-order valence-corrected chi connectivity index (χ4v) is 4.71. The maximum Gasteiger partial charge on any atom is 0.339 e. The van der Waals surface area contributed by atoms with E-state index in [1.807, 2.05) is 0 Å². The average molecular weight is 360 g/mol. The molecule has 1 aromatic heterocycles. The first-order valence-corrected chi connectivity index (χ1v) is 9.05. The number of esters is 1. The van der Waals surface area contributed by atoms with E-state index in [9.17, 15) is 13.2 Å². The van der Waals surface area contributed by atoms with Gasteiger partial charge in [0, 0.05) is 6.54 Å². The van der Waals surface area contributed by atoms with E-state index in [4.69, 9.17) is 11.6 Å². The number of ether oxygens (including phenoxy) is 1. The lowest BCUT2D eigenvalue weighted by Crippen LogP contribution is -2.30. The molecule has 0 amide bonds. The van der Waals surface area contributed by atoms with E-state index in [1.54, 1.807) is 30.5 Å². The summed E-state index contributed by atoms with van der Waals surface area (Å²) in [7, 11) is -2.42. The lowest BCUT2D eigenvalue weighted by Gasteiger charge is -2.22. The molecule has 0 saturated heterocycles. The molecule has 0 aliphatic carbocycles. The lowest BCUT2D eigenvalue weighted by molar-refractivity contribution is 0.0601. The Hall–Kier alpha value is -1.57. The number of nitrogens with zero attached hydrogens (tertiary/aromatic N) is 1. The van der Waals surface area contributed by atoms with E-state index in [2.05, 4.69) is 4.74 Å². The van der Waals surface area contributed by atoms with Gasteiger partial charge < -0.3 is 4.74 Å². The van der Waals surface area contributed by atoms with Crippen molar-refractivity contribution in [1.82, 2.24) is 0 Å². The second-order valence-corrected chi connectivity index (χ2v) is 7.70. The van der Waals surface area contributed by atoms with Crippen LogP contribution in [0, 0.1) is 0 Å². The van der Waals surface area contributed by atoms with E-state index in [0.717, 1.165) is 11.3 Å². The van der Waals surface area contributed by atoms with Crippen LogP contribution >= 0.6 is 22.9 Å². The van der Waals surface area contributed by atoms with Crippen LogP contribution < -0.4 is 4.31 Å². The van der Waals surface area contributed by atoms with Gasteiger partial charge in [0.15, 0.2) is 0 Å². The topological polar surface area (TPSA) is 63.7 Å². The lowest BCUT2D eigenvalue weighted by atomic mass is 10.2. The Bertz CT molecular complexity index is 772. The van der Waals surface area contributed by atoms with Gasteiger partial charge in [-0.3, -0.25) is 4.31 Å². The second kappa shape index (κ2) is 6.68. The molecule has 0 radical (unpaired) electrons. The Kier molecular flexibility index (Phi) is 5.10. The van der Waals surface area contributed by atoms with Gasteiger partial charge in [0.05, 0.1) is 23.4 Å².